The Hall–Kier alpha value is -2.08. The molecule has 0 aliphatic heterocycles. The highest BCUT2D eigenvalue weighted by atomic mass is 79.9. The highest BCUT2D eigenvalue weighted by Crippen LogP contribution is 2.39. The first-order valence-electron chi connectivity index (χ1n) is 5.56. The van der Waals surface area contributed by atoms with E-state index in [1.165, 1.54) is 7.11 Å². The standard InChI is InChI=1S/C13H10BrN3O2/c1-19-13-9-3-2-8(14)6-10(9)11(7-12(13)18)17-5-4-15-16-17/h2-7,18H,1H3. The second-order valence-corrected chi connectivity index (χ2v) is 4.90. The predicted molar refractivity (Wildman–Crippen MR) is 74.8 cm³/mol. The molecule has 0 saturated carbocycles. The maximum Gasteiger partial charge on any atom is 0.168 e. The first-order valence-corrected chi connectivity index (χ1v) is 6.36. The van der Waals surface area contributed by atoms with E-state index in [1.54, 1.807) is 23.1 Å². The van der Waals surface area contributed by atoms with E-state index in [-0.39, 0.29) is 5.75 Å². The first-order chi connectivity index (χ1) is 9.20. The molecule has 5 nitrogen and oxygen atoms in total. The van der Waals surface area contributed by atoms with Crippen LogP contribution in [0.1, 0.15) is 0 Å². The molecular formula is C13H10BrN3O2. The van der Waals surface area contributed by atoms with Gasteiger partial charge in [-0.3, -0.25) is 0 Å². The molecule has 0 bridgehead atoms. The monoisotopic (exact) mass is 319 g/mol. The number of methoxy groups -OCH3 is 1. The number of benzene rings is 2. The van der Waals surface area contributed by atoms with Crippen molar-refractivity contribution in [3.63, 3.8) is 0 Å². The Labute approximate surface area is 117 Å². The van der Waals surface area contributed by atoms with Crippen molar-refractivity contribution in [2.24, 2.45) is 0 Å². The van der Waals surface area contributed by atoms with E-state index >= 15 is 0 Å². The Bertz CT molecular complexity index is 741. The van der Waals surface area contributed by atoms with Gasteiger partial charge in [-0.15, -0.1) is 5.10 Å². The number of phenols is 1. The van der Waals surface area contributed by atoms with Crippen molar-refractivity contribution < 1.29 is 9.84 Å². The lowest BCUT2D eigenvalue weighted by Gasteiger charge is -2.12. The summed E-state index contributed by atoms with van der Waals surface area (Å²) >= 11 is 3.45. The van der Waals surface area contributed by atoms with Crippen molar-refractivity contribution in [1.82, 2.24) is 15.0 Å². The quantitative estimate of drug-likeness (QED) is 0.789. The van der Waals surface area contributed by atoms with E-state index in [1.807, 2.05) is 18.2 Å². The molecule has 6 heteroatoms. The molecule has 0 spiro atoms. The molecule has 1 N–H and O–H groups in total. The minimum Gasteiger partial charge on any atom is -0.504 e. The summed E-state index contributed by atoms with van der Waals surface area (Å²) in [6.07, 6.45) is 3.31. The number of ether oxygens (including phenoxy) is 1. The Kier molecular flexibility index (Phi) is 2.87. The van der Waals surface area contributed by atoms with Gasteiger partial charge >= 0.3 is 0 Å². The van der Waals surface area contributed by atoms with Gasteiger partial charge in [-0.25, -0.2) is 4.68 Å². The zero-order chi connectivity index (χ0) is 13.4. The van der Waals surface area contributed by atoms with Crippen molar-refractivity contribution in [3.8, 4) is 17.2 Å². The van der Waals surface area contributed by atoms with Crippen LogP contribution in [-0.2, 0) is 0 Å². The number of aromatic hydroxyl groups is 1. The van der Waals surface area contributed by atoms with Crippen LogP contribution >= 0.6 is 15.9 Å². The minimum absolute atomic E-state index is 0.0721. The molecule has 0 aliphatic carbocycles. The number of phenolic OH excluding ortho intramolecular Hbond substituents is 1. The van der Waals surface area contributed by atoms with Gasteiger partial charge in [0.15, 0.2) is 11.5 Å². The summed E-state index contributed by atoms with van der Waals surface area (Å²) in [5.74, 6) is 0.522. The molecule has 2 aromatic carbocycles. The molecule has 3 aromatic rings. The highest BCUT2D eigenvalue weighted by molar-refractivity contribution is 9.10. The second-order valence-electron chi connectivity index (χ2n) is 3.99. The molecule has 0 aliphatic rings. The Morgan fingerprint density at radius 1 is 1.26 bits per heavy atom. The van der Waals surface area contributed by atoms with Gasteiger partial charge in [0.05, 0.1) is 25.2 Å². The summed E-state index contributed by atoms with van der Waals surface area (Å²) in [6, 6.07) is 7.35. The van der Waals surface area contributed by atoms with Gasteiger partial charge in [-0.1, -0.05) is 21.1 Å². The van der Waals surface area contributed by atoms with Crippen LogP contribution in [0.4, 0.5) is 0 Å². The SMILES string of the molecule is COc1c(O)cc(-n2ccnn2)c2cc(Br)ccc12. The molecule has 19 heavy (non-hydrogen) atoms. The second kappa shape index (κ2) is 4.55. The maximum atomic E-state index is 10.1. The van der Waals surface area contributed by atoms with E-state index in [0.717, 1.165) is 20.9 Å². The lowest BCUT2D eigenvalue weighted by Crippen LogP contribution is -1.98. The van der Waals surface area contributed by atoms with E-state index < -0.39 is 0 Å². The maximum absolute atomic E-state index is 10.1. The molecule has 0 atom stereocenters. The van der Waals surface area contributed by atoms with Crippen LogP contribution in [-0.4, -0.2) is 27.2 Å². The van der Waals surface area contributed by atoms with Gasteiger partial charge in [0.1, 0.15) is 0 Å². The number of halogens is 1. The summed E-state index contributed by atoms with van der Waals surface area (Å²) in [5, 5.41) is 19.5. The fraction of sp³-hybridized carbons (Fsp3) is 0.0769. The topological polar surface area (TPSA) is 60.2 Å². The van der Waals surface area contributed by atoms with Gasteiger partial charge in [-0.2, -0.15) is 0 Å². The zero-order valence-electron chi connectivity index (χ0n) is 10.0. The van der Waals surface area contributed by atoms with Crippen LogP contribution in [0, 0.1) is 0 Å². The lowest BCUT2D eigenvalue weighted by molar-refractivity contribution is 0.378. The van der Waals surface area contributed by atoms with Crippen molar-refractivity contribution in [2.75, 3.05) is 7.11 Å². The minimum atomic E-state index is 0.0721. The van der Waals surface area contributed by atoms with Gasteiger partial charge < -0.3 is 9.84 Å². The van der Waals surface area contributed by atoms with Crippen LogP contribution < -0.4 is 4.74 Å². The molecule has 0 fully saturated rings. The van der Waals surface area contributed by atoms with Gasteiger partial charge in [-0.05, 0) is 18.2 Å². The average molecular weight is 320 g/mol. The van der Waals surface area contributed by atoms with Crippen molar-refractivity contribution in [1.29, 1.82) is 0 Å². The molecule has 1 aromatic heterocycles. The predicted octanol–water partition coefficient (Wildman–Crippen LogP) is 2.90. The number of fused-ring (bicyclic) bond motifs is 1. The van der Waals surface area contributed by atoms with Gasteiger partial charge in [0.2, 0.25) is 0 Å². The number of aromatic nitrogens is 3. The Morgan fingerprint density at radius 3 is 2.79 bits per heavy atom. The van der Waals surface area contributed by atoms with E-state index in [0.29, 0.717) is 5.75 Å². The van der Waals surface area contributed by atoms with E-state index in [9.17, 15) is 5.11 Å². The van der Waals surface area contributed by atoms with E-state index in [2.05, 4.69) is 26.2 Å². The molecule has 1 heterocycles. The summed E-state index contributed by atoms with van der Waals surface area (Å²) in [7, 11) is 1.53. The van der Waals surface area contributed by atoms with Crippen molar-refractivity contribution in [3.05, 3.63) is 41.1 Å². The number of hydrogen-bond acceptors (Lipinski definition) is 4. The van der Waals surface area contributed by atoms with E-state index in [4.69, 9.17) is 4.74 Å². The number of nitrogens with zero attached hydrogens (tertiary/aromatic N) is 3. The molecule has 3 rings (SSSR count). The van der Waals surface area contributed by atoms with Crippen LogP contribution in [0.3, 0.4) is 0 Å². The molecule has 0 amide bonds. The summed E-state index contributed by atoms with van der Waals surface area (Å²) in [4.78, 5) is 0. The third kappa shape index (κ3) is 1.94. The number of hydrogen-bond donors (Lipinski definition) is 1. The summed E-state index contributed by atoms with van der Waals surface area (Å²) in [5.41, 5.74) is 0.743. The van der Waals surface area contributed by atoms with Crippen LogP contribution in [0.5, 0.6) is 11.5 Å². The normalized spacial score (nSPS) is 10.8. The molecule has 0 saturated heterocycles. The number of rotatable bonds is 2. The summed E-state index contributed by atoms with van der Waals surface area (Å²) in [6.45, 7) is 0. The molecule has 0 unspecified atom stereocenters. The molecule has 0 radical (unpaired) electrons. The third-order valence-electron chi connectivity index (χ3n) is 2.88. The van der Waals surface area contributed by atoms with Gasteiger partial charge in [0.25, 0.3) is 0 Å². The van der Waals surface area contributed by atoms with Crippen LogP contribution in [0.2, 0.25) is 0 Å². The third-order valence-corrected chi connectivity index (χ3v) is 3.38. The largest absolute Gasteiger partial charge is 0.504 e. The zero-order valence-corrected chi connectivity index (χ0v) is 11.6. The smallest absolute Gasteiger partial charge is 0.168 e. The fourth-order valence-electron chi connectivity index (χ4n) is 2.08. The first kappa shape index (κ1) is 12.0. The van der Waals surface area contributed by atoms with Crippen molar-refractivity contribution >= 4 is 26.7 Å². The Morgan fingerprint density at radius 2 is 2.11 bits per heavy atom. The average Bonchev–Trinajstić information content (AvgIpc) is 2.92. The Balaban J connectivity index is 2.42. The highest BCUT2D eigenvalue weighted by Gasteiger charge is 2.14. The molecular weight excluding hydrogens is 310 g/mol. The fourth-order valence-corrected chi connectivity index (χ4v) is 2.44. The van der Waals surface area contributed by atoms with Gasteiger partial charge in [0, 0.05) is 21.3 Å². The summed E-state index contributed by atoms with van der Waals surface area (Å²) < 4.78 is 7.80. The lowest BCUT2D eigenvalue weighted by atomic mass is 10.1. The van der Waals surface area contributed by atoms with Crippen LogP contribution in [0.25, 0.3) is 16.5 Å². The molecule has 96 valence electrons. The van der Waals surface area contributed by atoms with Crippen LogP contribution in [0.15, 0.2) is 41.1 Å². The van der Waals surface area contributed by atoms with Crippen molar-refractivity contribution in [2.45, 2.75) is 0 Å².